The Labute approximate surface area is 161 Å². The average Bonchev–Trinajstić information content (AvgIpc) is 3.17. The van der Waals surface area contributed by atoms with Gasteiger partial charge in [0.2, 0.25) is 11.8 Å². The number of hydrogen-bond acceptors (Lipinski definition) is 5. The number of likely N-dealkylation sites (tertiary alicyclic amines) is 1. The van der Waals surface area contributed by atoms with Crippen molar-refractivity contribution in [1.29, 1.82) is 0 Å². The van der Waals surface area contributed by atoms with Crippen molar-refractivity contribution in [3.8, 4) is 0 Å². The maximum Gasteiger partial charge on any atom is 0.223 e. The van der Waals surface area contributed by atoms with Crippen LogP contribution >= 0.6 is 11.8 Å². The van der Waals surface area contributed by atoms with E-state index in [2.05, 4.69) is 10.2 Å². The Bertz CT molecular complexity index is 482. The van der Waals surface area contributed by atoms with E-state index in [0.717, 1.165) is 77.4 Å². The number of nitrogens with zero attached hydrogens (tertiary/aromatic N) is 2. The lowest BCUT2D eigenvalue weighted by Gasteiger charge is -2.43. The highest BCUT2D eigenvalue weighted by Gasteiger charge is 2.41. The molecule has 26 heavy (non-hydrogen) atoms. The molecule has 1 N–H and O–H groups in total. The molecule has 0 aromatic carbocycles. The standard InChI is InChI=1S/C19H33N3O3S/c1-2-3-17(23)21-7-4-16(5-8-21)18(24)20-14-19(6-13-26-15-19)22-9-11-25-12-10-22/h16H,2-15H2,1H3,(H,20,24). The lowest BCUT2D eigenvalue weighted by atomic mass is 9.93. The van der Waals surface area contributed by atoms with E-state index in [9.17, 15) is 9.59 Å². The normalized spacial score (nSPS) is 28.3. The molecule has 6 nitrogen and oxygen atoms in total. The van der Waals surface area contributed by atoms with Gasteiger partial charge in [-0.2, -0.15) is 11.8 Å². The Kier molecular flexibility index (Phi) is 7.23. The SMILES string of the molecule is CCCC(=O)N1CCC(C(=O)NCC2(N3CCOCC3)CCSC2)CC1. The van der Waals surface area contributed by atoms with E-state index in [1.54, 1.807) is 0 Å². The van der Waals surface area contributed by atoms with Crippen molar-refractivity contribution in [1.82, 2.24) is 15.1 Å². The highest BCUT2D eigenvalue weighted by Crippen LogP contribution is 2.33. The van der Waals surface area contributed by atoms with Gasteiger partial charge in [0, 0.05) is 56.4 Å². The summed E-state index contributed by atoms with van der Waals surface area (Å²) in [4.78, 5) is 29.2. The van der Waals surface area contributed by atoms with E-state index in [0.29, 0.717) is 6.42 Å². The predicted molar refractivity (Wildman–Crippen MR) is 104 cm³/mol. The summed E-state index contributed by atoms with van der Waals surface area (Å²) in [6.07, 6.45) is 4.24. The van der Waals surface area contributed by atoms with Crippen LogP contribution in [0.2, 0.25) is 0 Å². The summed E-state index contributed by atoms with van der Waals surface area (Å²) in [6.45, 7) is 7.75. The predicted octanol–water partition coefficient (Wildman–Crippen LogP) is 1.35. The van der Waals surface area contributed by atoms with Crippen molar-refractivity contribution in [2.24, 2.45) is 5.92 Å². The molecule has 3 aliphatic heterocycles. The fraction of sp³-hybridized carbons (Fsp3) is 0.895. The van der Waals surface area contributed by atoms with E-state index in [1.807, 2.05) is 23.6 Å². The number of thioether (sulfide) groups is 1. The third kappa shape index (κ3) is 4.73. The molecule has 3 rings (SSSR count). The number of morpholine rings is 1. The quantitative estimate of drug-likeness (QED) is 0.750. The molecule has 0 aromatic heterocycles. The largest absolute Gasteiger partial charge is 0.379 e. The molecule has 3 aliphatic rings. The van der Waals surface area contributed by atoms with Crippen molar-refractivity contribution < 1.29 is 14.3 Å². The lowest BCUT2D eigenvalue weighted by Crippen LogP contribution is -2.59. The van der Waals surface area contributed by atoms with Crippen molar-refractivity contribution in [2.45, 2.75) is 44.6 Å². The number of hydrogen-bond donors (Lipinski definition) is 1. The third-order valence-electron chi connectivity index (χ3n) is 6.04. The van der Waals surface area contributed by atoms with Gasteiger partial charge in [0.15, 0.2) is 0 Å². The summed E-state index contributed by atoms with van der Waals surface area (Å²) >= 11 is 1.99. The third-order valence-corrected chi connectivity index (χ3v) is 7.27. The fourth-order valence-corrected chi connectivity index (χ4v) is 5.77. The van der Waals surface area contributed by atoms with Crippen LogP contribution in [0.4, 0.5) is 0 Å². The molecule has 0 aliphatic carbocycles. The zero-order valence-corrected chi connectivity index (χ0v) is 16.8. The molecule has 7 heteroatoms. The minimum atomic E-state index is 0.0523. The Hall–Kier alpha value is -0.790. The van der Waals surface area contributed by atoms with Crippen LogP contribution in [0.25, 0.3) is 0 Å². The molecule has 0 aromatic rings. The number of rotatable bonds is 6. The average molecular weight is 384 g/mol. The monoisotopic (exact) mass is 383 g/mol. The van der Waals surface area contributed by atoms with Crippen LogP contribution in [0.15, 0.2) is 0 Å². The summed E-state index contributed by atoms with van der Waals surface area (Å²) in [5.41, 5.74) is 0.0991. The minimum Gasteiger partial charge on any atom is -0.379 e. The second-order valence-electron chi connectivity index (χ2n) is 7.75. The minimum absolute atomic E-state index is 0.0523. The van der Waals surface area contributed by atoms with Crippen molar-refractivity contribution >= 4 is 23.6 Å². The molecule has 0 spiro atoms. The van der Waals surface area contributed by atoms with E-state index in [-0.39, 0.29) is 23.3 Å². The zero-order valence-electron chi connectivity index (χ0n) is 16.0. The van der Waals surface area contributed by atoms with Gasteiger partial charge in [0.1, 0.15) is 0 Å². The molecule has 148 valence electrons. The second kappa shape index (κ2) is 9.42. The van der Waals surface area contributed by atoms with Crippen LogP contribution in [-0.2, 0) is 14.3 Å². The molecule has 3 saturated heterocycles. The van der Waals surface area contributed by atoms with E-state index in [4.69, 9.17) is 4.74 Å². The number of carbonyl (C=O) groups excluding carboxylic acids is 2. The summed E-state index contributed by atoms with van der Waals surface area (Å²) < 4.78 is 5.50. The van der Waals surface area contributed by atoms with Crippen LogP contribution in [0.3, 0.4) is 0 Å². The van der Waals surface area contributed by atoms with Crippen LogP contribution in [0.5, 0.6) is 0 Å². The number of piperidine rings is 1. The number of amides is 2. The molecule has 0 radical (unpaired) electrons. The molecular weight excluding hydrogens is 350 g/mol. The molecule has 0 bridgehead atoms. The molecular formula is C19H33N3O3S. The first-order valence-electron chi connectivity index (χ1n) is 10.1. The van der Waals surface area contributed by atoms with E-state index in [1.165, 1.54) is 5.75 Å². The first-order chi connectivity index (χ1) is 12.6. The highest BCUT2D eigenvalue weighted by molar-refractivity contribution is 7.99. The Morgan fingerprint density at radius 3 is 2.54 bits per heavy atom. The topological polar surface area (TPSA) is 61.9 Å². The molecule has 0 saturated carbocycles. The van der Waals surface area contributed by atoms with Crippen LogP contribution in [-0.4, -0.2) is 84.6 Å². The lowest BCUT2D eigenvalue weighted by molar-refractivity contribution is -0.135. The maximum absolute atomic E-state index is 12.7. The van der Waals surface area contributed by atoms with Gasteiger partial charge >= 0.3 is 0 Å². The Morgan fingerprint density at radius 2 is 1.92 bits per heavy atom. The van der Waals surface area contributed by atoms with Crippen LogP contribution < -0.4 is 5.32 Å². The van der Waals surface area contributed by atoms with Gasteiger partial charge in [-0.05, 0) is 31.4 Å². The summed E-state index contributed by atoms with van der Waals surface area (Å²) in [6, 6.07) is 0. The van der Waals surface area contributed by atoms with Gasteiger partial charge in [-0.3, -0.25) is 14.5 Å². The number of ether oxygens (including phenoxy) is 1. The summed E-state index contributed by atoms with van der Waals surface area (Å²) in [5.74, 6) is 2.73. The summed E-state index contributed by atoms with van der Waals surface area (Å²) in [5, 5.41) is 3.26. The zero-order chi connectivity index (χ0) is 18.4. The van der Waals surface area contributed by atoms with Gasteiger partial charge < -0.3 is 15.0 Å². The van der Waals surface area contributed by atoms with Gasteiger partial charge in [-0.15, -0.1) is 0 Å². The number of nitrogens with one attached hydrogen (secondary N) is 1. The van der Waals surface area contributed by atoms with Gasteiger partial charge in [-0.25, -0.2) is 0 Å². The fourth-order valence-electron chi connectivity index (χ4n) is 4.29. The van der Waals surface area contributed by atoms with Crippen molar-refractivity contribution in [3.63, 3.8) is 0 Å². The van der Waals surface area contributed by atoms with E-state index < -0.39 is 0 Å². The first kappa shape index (κ1) is 20.0. The summed E-state index contributed by atoms with van der Waals surface area (Å²) in [7, 11) is 0. The molecule has 2 amide bonds. The van der Waals surface area contributed by atoms with Crippen LogP contribution in [0, 0.1) is 5.92 Å². The van der Waals surface area contributed by atoms with Crippen molar-refractivity contribution in [2.75, 3.05) is 57.4 Å². The van der Waals surface area contributed by atoms with E-state index >= 15 is 0 Å². The van der Waals surface area contributed by atoms with Crippen LogP contribution in [0.1, 0.15) is 39.0 Å². The second-order valence-corrected chi connectivity index (χ2v) is 8.85. The van der Waals surface area contributed by atoms with Gasteiger partial charge in [0.05, 0.1) is 13.2 Å². The Balaban J connectivity index is 1.48. The van der Waals surface area contributed by atoms with Gasteiger partial charge in [-0.1, -0.05) is 6.92 Å². The maximum atomic E-state index is 12.7. The molecule has 3 heterocycles. The molecule has 1 atom stereocenters. The first-order valence-corrected chi connectivity index (χ1v) is 11.3. The smallest absolute Gasteiger partial charge is 0.223 e. The highest BCUT2D eigenvalue weighted by atomic mass is 32.2. The van der Waals surface area contributed by atoms with Gasteiger partial charge in [0.25, 0.3) is 0 Å². The Morgan fingerprint density at radius 1 is 1.19 bits per heavy atom. The number of carbonyl (C=O) groups is 2. The molecule has 1 unspecified atom stereocenters. The molecule has 3 fully saturated rings. The van der Waals surface area contributed by atoms with Crippen molar-refractivity contribution in [3.05, 3.63) is 0 Å².